The first-order chi connectivity index (χ1) is 10.0. The molecule has 0 saturated heterocycles. The van der Waals surface area contributed by atoms with Crippen LogP contribution in [0.5, 0.6) is 5.75 Å². The van der Waals surface area contributed by atoms with Gasteiger partial charge in [-0.1, -0.05) is 36.0 Å². The van der Waals surface area contributed by atoms with Crippen molar-refractivity contribution in [1.29, 1.82) is 0 Å². The predicted octanol–water partition coefficient (Wildman–Crippen LogP) is 2.91. The van der Waals surface area contributed by atoms with Gasteiger partial charge in [0.05, 0.1) is 0 Å². The maximum atomic E-state index is 12.1. The third-order valence-electron chi connectivity index (χ3n) is 2.79. The minimum Gasteiger partial charge on any atom is -0.486 e. The van der Waals surface area contributed by atoms with Gasteiger partial charge in [0.25, 0.3) is 5.91 Å². The molecule has 0 aliphatic rings. The standard InChI is InChI=1S/C16H16N2O2S/c1-11-5-7-12(8-6-11)16(19)18-13-3-2-4-14(9-13)20-10-15(17)21/h2-9H,10H2,1H3,(H2,17,21)(H,18,19). The molecule has 108 valence electrons. The molecular formula is C16H16N2O2S. The molecule has 0 unspecified atom stereocenters. The Labute approximate surface area is 128 Å². The summed E-state index contributed by atoms with van der Waals surface area (Å²) in [4.78, 5) is 12.4. The lowest BCUT2D eigenvalue weighted by Crippen LogP contribution is -2.18. The minimum absolute atomic E-state index is 0.165. The molecule has 2 aromatic carbocycles. The Hall–Kier alpha value is -2.40. The molecule has 0 aliphatic heterocycles. The summed E-state index contributed by atoms with van der Waals surface area (Å²) in [6, 6.07) is 14.5. The molecule has 2 rings (SSSR count). The maximum Gasteiger partial charge on any atom is 0.255 e. The molecule has 0 atom stereocenters. The van der Waals surface area contributed by atoms with Crippen LogP contribution in [-0.2, 0) is 0 Å². The highest BCUT2D eigenvalue weighted by Gasteiger charge is 2.06. The zero-order chi connectivity index (χ0) is 15.2. The van der Waals surface area contributed by atoms with Crippen LogP contribution >= 0.6 is 12.2 Å². The molecule has 0 radical (unpaired) electrons. The summed E-state index contributed by atoms with van der Waals surface area (Å²) in [5, 5.41) is 2.82. The molecule has 2 aromatic rings. The molecule has 0 aromatic heterocycles. The Balaban J connectivity index is 2.05. The third kappa shape index (κ3) is 4.57. The van der Waals surface area contributed by atoms with Gasteiger partial charge in [-0.05, 0) is 31.2 Å². The number of hydrogen-bond acceptors (Lipinski definition) is 3. The summed E-state index contributed by atoms with van der Waals surface area (Å²) in [5.41, 5.74) is 7.76. The second kappa shape index (κ2) is 6.85. The van der Waals surface area contributed by atoms with Crippen LogP contribution in [0.15, 0.2) is 48.5 Å². The Bertz CT molecular complexity index is 654. The van der Waals surface area contributed by atoms with Crippen molar-refractivity contribution in [1.82, 2.24) is 0 Å². The number of nitrogens with one attached hydrogen (secondary N) is 1. The number of aryl methyl sites for hydroxylation is 1. The second-order valence-corrected chi connectivity index (χ2v) is 5.13. The number of amides is 1. The zero-order valence-electron chi connectivity index (χ0n) is 11.6. The lowest BCUT2D eigenvalue weighted by atomic mass is 10.1. The van der Waals surface area contributed by atoms with E-state index in [1.165, 1.54) is 0 Å². The van der Waals surface area contributed by atoms with E-state index in [0.29, 0.717) is 17.0 Å². The van der Waals surface area contributed by atoms with E-state index in [4.69, 9.17) is 22.7 Å². The lowest BCUT2D eigenvalue weighted by Gasteiger charge is -2.09. The fourth-order valence-corrected chi connectivity index (χ4v) is 1.79. The predicted molar refractivity (Wildman–Crippen MR) is 87.9 cm³/mol. The number of ether oxygens (including phenoxy) is 1. The summed E-state index contributed by atoms with van der Waals surface area (Å²) in [6.45, 7) is 2.15. The highest BCUT2D eigenvalue weighted by Crippen LogP contribution is 2.18. The molecule has 5 heteroatoms. The summed E-state index contributed by atoms with van der Waals surface area (Å²) in [6.07, 6.45) is 0. The van der Waals surface area contributed by atoms with Crippen molar-refractivity contribution in [2.75, 3.05) is 11.9 Å². The average molecular weight is 300 g/mol. The van der Waals surface area contributed by atoms with Crippen molar-refractivity contribution in [2.45, 2.75) is 6.92 Å². The van der Waals surface area contributed by atoms with Crippen LogP contribution in [0.2, 0.25) is 0 Å². The number of rotatable bonds is 5. The number of carbonyl (C=O) groups excluding carboxylic acids is 1. The van der Waals surface area contributed by atoms with Crippen molar-refractivity contribution in [3.8, 4) is 5.75 Å². The van der Waals surface area contributed by atoms with Crippen LogP contribution in [0.3, 0.4) is 0 Å². The largest absolute Gasteiger partial charge is 0.486 e. The minimum atomic E-state index is -0.165. The Morgan fingerprint density at radius 1 is 1.24 bits per heavy atom. The van der Waals surface area contributed by atoms with Crippen molar-refractivity contribution < 1.29 is 9.53 Å². The fourth-order valence-electron chi connectivity index (χ4n) is 1.73. The Morgan fingerprint density at radius 2 is 1.95 bits per heavy atom. The van der Waals surface area contributed by atoms with Gasteiger partial charge in [-0.2, -0.15) is 0 Å². The molecule has 21 heavy (non-hydrogen) atoms. The van der Waals surface area contributed by atoms with Gasteiger partial charge in [0.15, 0.2) is 0 Å². The smallest absolute Gasteiger partial charge is 0.255 e. The molecule has 0 spiro atoms. The molecular weight excluding hydrogens is 284 g/mol. The van der Waals surface area contributed by atoms with Gasteiger partial charge in [-0.3, -0.25) is 4.79 Å². The molecule has 0 heterocycles. The Kier molecular flexibility index (Phi) is 4.90. The number of anilines is 1. The van der Waals surface area contributed by atoms with Crippen LogP contribution in [0.1, 0.15) is 15.9 Å². The summed E-state index contributed by atoms with van der Waals surface area (Å²) in [7, 11) is 0. The van der Waals surface area contributed by atoms with Crippen molar-refractivity contribution in [3.05, 3.63) is 59.7 Å². The monoisotopic (exact) mass is 300 g/mol. The van der Waals surface area contributed by atoms with Crippen LogP contribution in [-0.4, -0.2) is 17.5 Å². The molecule has 1 amide bonds. The number of hydrogen-bond donors (Lipinski definition) is 2. The SMILES string of the molecule is Cc1ccc(C(=O)Nc2cccc(OCC(N)=S)c2)cc1. The van der Waals surface area contributed by atoms with Gasteiger partial charge in [0.1, 0.15) is 17.3 Å². The molecule has 3 N–H and O–H groups in total. The number of nitrogens with two attached hydrogens (primary N) is 1. The van der Waals surface area contributed by atoms with Gasteiger partial charge in [0, 0.05) is 17.3 Å². The van der Waals surface area contributed by atoms with E-state index in [0.717, 1.165) is 5.56 Å². The Morgan fingerprint density at radius 3 is 2.62 bits per heavy atom. The van der Waals surface area contributed by atoms with E-state index < -0.39 is 0 Å². The van der Waals surface area contributed by atoms with E-state index in [1.807, 2.05) is 19.1 Å². The number of benzene rings is 2. The van der Waals surface area contributed by atoms with E-state index in [9.17, 15) is 4.79 Å². The average Bonchev–Trinajstić information content (AvgIpc) is 2.46. The maximum absolute atomic E-state index is 12.1. The highest BCUT2D eigenvalue weighted by atomic mass is 32.1. The van der Waals surface area contributed by atoms with E-state index in [-0.39, 0.29) is 17.5 Å². The van der Waals surface area contributed by atoms with Crippen molar-refractivity contribution in [2.24, 2.45) is 5.73 Å². The molecule has 4 nitrogen and oxygen atoms in total. The van der Waals surface area contributed by atoms with Gasteiger partial charge in [0.2, 0.25) is 0 Å². The highest BCUT2D eigenvalue weighted by molar-refractivity contribution is 7.80. The first-order valence-electron chi connectivity index (χ1n) is 6.44. The summed E-state index contributed by atoms with van der Waals surface area (Å²) in [5.74, 6) is 0.436. The van der Waals surface area contributed by atoms with Crippen LogP contribution in [0.4, 0.5) is 5.69 Å². The quantitative estimate of drug-likeness (QED) is 0.833. The van der Waals surface area contributed by atoms with Crippen LogP contribution in [0.25, 0.3) is 0 Å². The number of carbonyl (C=O) groups is 1. The third-order valence-corrected chi connectivity index (χ3v) is 2.90. The zero-order valence-corrected chi connectivity index (χ0v) is 12.4. The topological polar surface area (TPSA) is 64.3 Å². The number of thiocarbonyl (C=S) groups is 1. The van der Waals surface area contributed by atoms with Gasteiger partial charge >= 0.3 is 0 Å². The fraction of sp³-hybridized carbons (Fsp3) is 0.125. The van der Waals surface area contributed by atoms with Gasteiger partial charge in [-0.25, -0.2) is 0 Å². The second-order valence-electron chi connectivity index (χ2n) is 4.60. The van der Waals surface area contributed by atoms with Crippen LogP contribution < -0.4 is 15.8 Å². The van der Waals surface area contributed by atoms with Gasteiger partial charge < -0.3 is 15.8 Å². The molecule has 0 bridgehead atoms. The first kappa shape index (κ1) is 15.0. The van der Waals surface area contributed by atoms with Crippen molar-refractivity contribution in [3.63, 3.8) is 0 Å². The van der Waals surface area contributed by atoms with Crippen LogP contribution in [0, 0.1) is 6.92 Å². The van der Waals surface area contributed by atoms with E-state index >= 15 is 0 Å². The normalized spacial score (nSPS) is 9.95. The summed E-state index contributed by atoms with van der Waals surface area (Å²) >= 11 is 4.75. The lowest BCUT2D eigenvalue weighted by molar-refractivity contribution is 0.102. The molecule has 0 aliphatic carbocycles. The van der Waals surface area contributed by atoms with Crippen molar-refractivity contribution >= 4 is 28.8 Å². The molecule has 0 fully saturated rings. The van der Waals surface area contributed by atoms with Gasteiger partial charge in [-0.15, -0.1) is 0 Å². The van der Waals surface area contributed by atoms with E-state index in [1.54, 1.807) is 36.4 Å². The first-order valence-corrected chi connectivity index (χ1v) is 6.84. The summed E-state index contributed by atoms with van der Waals surface area (Å²) < 4.78 is 5.39. The van der Waals surface area contributed by atoms with E-state index in [2.05, 4.69) is 5.32 Å². The molecule has 0 saturated carbocycles.